The summed E-state index contributed by atoms with van der Waals surface area (Å²) in [5, 5.41) is 12.3. The van der Waals surface area contributed by atoms with Gasteiger partial charge < -0.3 is 24.6 Å². The van der Waals surface area contributed by atoms with Crippen molar-refractivity contribution in [2.45, 2.75) is 57.5 Å². The molecule has 1 aromatic carbocycles. The van der Waals surface area contributed by atoms with E-state index in [1.807, 2.05) is 0 Å². The molecule has 1 saturated heterocycles. The average molecular weight is 540 g/mol. The maximum Gasteiger partial charge on any atom is 0.341 e. The van der Waals surface area contributed by atoms with Gasteiger partial charge >= 0.3 is 5.97 Å². The number of nitrogens with one attached hydrogen (secondary N) is 1. The first-order valence-electron chi connectivity index (χ1n) is 12.2. The lowest BCUT2D eigenvalue weighted by Gasteiger charge is -2.33. The number of carboxylic acid groups (broad SMARTS) is 1. The second-order valence-electron chi connectivity index (χ2n) is 9.46. The summed E-state index contributed by atoms with van der Waals surface area (Å²) in [6.45, 7) is 2.30. The number of methoxy groups -OCH3 is 1. The molecule has 2 N–H and O–H groups in total. The molecule has 2 fully saturated rings. The molecule has 1 aliphatic carbocycles. The number of ketones is 1. The summed E-state index contributed by atoms with van der Waals surface area (Å²) >= 11 is 0. The van der Waals surface area contributed by atoms with Gasteiger partial charge in [0, 0.05) is 38.2 Å². The van der Waals surface area contributed by atoms with E-state index in [0.717, 1.165) is 18.9 Å². The first-order valence-corrected chi connectivity index (χ1v) is 12.2. The fraction of sp³-hybridized carbons (Fsp3) is 0.500. The third kappa shape index (κ3) is 5.65. The Morgan fingerprint density at radius 2 is 2.00 bits per heavy atom. The lowest BCUT2D eigenvalue weighted by atomic mass is 9.99. The summed E-state index contributed by atoms with van der Waals surface area (Å²) in [6.07, 6.45) is 4.07. The number of pyridine rings is 1. The van der Waals surface area contributed by atoms with E-state index in [-0.39, 0.29) is 72.3 Å². The second-order valence-corrected chi connectivity index (χ2v) is 9.46. The summed E-state index contributed by atoms with van der Waals surface area (Å²) in [4.78, 5) is 38.3. The number of piperidine rings is 1. The van der Waals surface area contributed by atoms with Gasteiger partial charge in [0.1, 0.15) is 22.9 Å². The van der Waals surface area contributed by atoms with Gasteiger partial charge in [0.25, 0.3) is 0 Å². The SMILES string of the molecule is CN[C@@H](C)C(=O)CC/C(F)=C1/CCCN(c2c(F)cc3c(=O)c(C(=O)O)cn(C4CC4)c3c2OC)C1.Cl. The zero-order valence-corrected chi connectivity index (χ0v) is 21.9. The van der Waals surface area contributed by atoms with Crippen LogP contribution in [0, 0.1) is 5.82 Å². The van der Waals surface area contributed by atoms with Crippen molar-refractivity contribution in [3.63, 3.8) is 0 Å². The van der Waals surface area contributed by atoms with Gasteiger partial charge in [-0.3, -0.25) is 9.59 Å². The highest BCUT2D eigenvalue weighted by Crippen LogP contribution is 2.44. The molecule has 0 amide bonds. The van der Waals surface area contributed by atoms with Crippen LogP contribution in [0.3, 0.4) is 0 Å². The molecule has 37 heavy (non-hydrogen) atoms. The zero-order valence-electron chi connectivity index (χ0n) is 21.1. The molecule has 1 saturated carbocycles. The zero-order chi connectivity index (χ0) is 26.1. The lowest BCUT2D eigenvalue weighted by Crippen LogP contribution is -2.33. The van der Waals surface area contributed by atoms with E-state index in [1.165, 1.54) is 13.3 Å². The van der Waals surface area contributed by atoms with Crippen LogP contribution in [0.4, 0.5) is 14.5 Å². The van der Waals surface area contributed by atoms with Gasteiger partial charge in [-0.2, -0.15) is 0 Å². The van der Waals surface area contributed by atoms with E-state index in [9.17, 15) is 19.5 Å². The van der Waals surface area contributed by atoms with Gasteiger partial charge in [-0.1, -0.05) is 0 Å². The molecule has 1 aromatic heterocycles. The minimum atomic E-state index is -1.37. The first kappa shape index (κ1) is 28.6. The van der Waals surface area contributed by atoms with Crippen LogP contribution < -0.4 is 20.4 Å². The maximum atomic E-state index is 15.5. The number of allylic oxidation sites excluding steroid dienone is 1. The molecule has 4 rings (SSSR count). The largest absolute Gasteiger partial charge is 0.492 e. The minimum absolute atomic E-state index is 0. The van der Waals surface area contributed by atoms with Crippen LogP contribution in [0.5, 0.6) is 5.75 Å². The first-order chi connectivity index (χ1) is 17.2. The highest BCUT2D eigenvalue weighted by molar-refractivity contribution is 5.97. The van der Waals surface area contributed by atoms with Crippen LogP contribution in [0.1, 0.15) is 61.8 Å². The third-order valence-corrected chi connectivity index (χ3v) is 7.07. The quantitative estimate of drug-likeness (QED) is 0.487. The Morgan fingerprint density at radius 1 is 1.30 bits per heavy atom. The van der Waals surface area contributed by atoms with Crippen molar-refractivity contribution in [3.8, 4) is 5.75 Å². The van der Waals surface area contributed by atoms with Crippen molar-refractivity contribution in [2.75, 3.05) is 32.1 Å². The number of ether oxygens (including phenoxy) is 1. The topological polar surface area (TPSA) is 101 Å². The van der Waals surface area contributed by atoms with Crippen molar-refractivity contribution in [2.24, 2.45) is 0 Å². The number of hydrogen-bond donors (Lipinski definition) is 2. The predicted molar refractivity (Wildman–Crippen MR) is 140 cm³/mol. The highest BCUT2D eigenvalue weighted by Gasteiger charge is 2.32. The number of fused-ring (bicyclic) bond motifs is 1. The third-order valence-electron chi connectivity index (χ3n) is 7.07. The van der Waals surface area contributed by atoms with E-state index in [4.69, 9.17) is 4.74 Å². The molecule has 0 bridgehead atoms. The van der Waals surface area contributed by atoms with Gasteiger partial charge in [-0.25, -0.2) is 13.6 Å². The fourth-order valence-electron chi connectivity index (χ4n) is 4.80. The number of likely N-dealkylation sites (N-methyl/N-ethyl adjacent to an activating group) is 1. The molecule has 8 nitrogen and oxygen atoms in total. The van der Waals surface area contributed by atoms with Crippen LogP contribution in [-0.4, -0.2) is 54.7 Å². The van der Waals surface area contributed by atoms with E-state index in [1.54, 1.807) is 23.4 Å². The molecular weight excluding hydrogens is 508 g/mol. The van der Waals surface area contributed by atoms with Crippen molar-refractivity contribution in [3.05, 3.63) is 45.3 Å². The van der Waals surface area contributed by atoms with E-state index in [2.05, 4.69) is 5.32 Å². The van der Waals surface area contributed by atoms with Crippen molar-refractivity contribution in [1.29, 1.82) is 0 Å². The van der Waals surface area contributed by atoms with Crippen molar-refractivity contribution >= 4 is 40.7 Å². The molecule has 1 aliphatic heterocycles. The van der Waals surface area contributed by atoms with Crippen LogP contribution in [0.25, 0.3) is 10.9 Å². The van der Waals surface area contributed by atoms with E-state index in [0.29, 0.717) is 30.5 Å². The molecule has 11 heteroatoms. The summed E-state index contributed by atoms with van der Waals surface area (Å²) in [5.74, 6) is -2.42. The van der Waals surface area contributed by atoms with E-state index >= 15 is 8.78 Å². The Kier molecular flexibility index (Phi) is 8.96. The predicted octanol–water partition coefficient (Wildman–Crippen LogP) is 4.39. The molecule has 0 unspecified atom stereocenters. The van der Waals surface area contributed by atoms with E-state index < -0.39 is 22.8 Å². The number of aromatic carboxylic acids is 1. The average Bonchev–Trinajstić information content (AvgIpc) is 3.71. The number of benzene rings is 1. The number of halogens is 3. The Labute approximate surface area is 219 Å². The number of carboxylic acids is 1. The standard InChI is InChI=1S/C26H31F2N3O5.ClH/c1-14(29-2)21(32)9-8-19(27)15-5-4-10-30(12-15)23-20(28)11-17-22(25(23)36-3)31(16-6-7-16)13-18(24(17)33)26(34)35;/h11,13-14,16,29H,4-10,12H2,1-3H3,(H,34,35);1H/b19-15+;/t14-;/m0./s1. The number of hydrogen-bond acceptors (Lipinski definition) is 6. The van der Waals surface area contributed by atoms with Crippen LogP contribution >= 0.6 is 12.4 Å². The summed E-state index contributed by atoms with van der Waals surface area (Å²) in [7, 11) is 3.05. The van der Waals surface area contributed by atoms with Gasteiger partial charge in [0.05, 0.1) is 24.1 Å². The van der Waals surface area contributed by atoms with Gasteiger partial charge in [-0.15, -0.1) is 12.4 Å². The molecule has 2 aromatic rings. The Morgan fingerprint density at radius 3 is 2.59 bits per heavy atom. The smallest absolute Gasteiger partial charge is 0.341 e. The highest BCUT2D eigenvalue weighted by atomic mass is 35.5. The number of anilines is 1. The fourth-order valence-corrected chi connectivity index (χ4v) is 4.80. The Hall–Kier alpha value is -2.98. The Balaban J connectivity index is 0.00000380. The monoisotopic (exact) mass is 539 g/mol. The number of carbonyl (C=O) groups is 2. The van der Waals surface area contributed by atoms with Crippen molar-refractivity contribution < 1.29 is 28.2 Å². The molecule has 2 aliphatic rings. The van der Waals surface area contributed by atoms with Crippen LogP contribution in [-0.2, 0) is 4.79 Å². The molecule has 2 heterocycles. The Bertz CT molecular complexity index is 1310. The lowest BCUT2D eigenvalue weighted by molar-refractivity contribution is -0.120. The van der Waals surface area contributed by atoms with Crippen LogP contribution in [0.2, 0.25) is 0 Å². The van der Waals surface area contributed by atoms with Gasteiger partial charge in [-0.05, 0) is 51.3 Å². The molecule has 0 spiro atoms. The summed E-state index contributed by atoms with van der Waals surface area (Å²) < 4.78 is 37.9. The van der Waals surface area contributed by atoms with Crippen LogP contribution in [0.15, 0.2) is 28.5 Å². The molecular formula is C26H32ClF2N3O5. The molecule has 0 radical (unpaired) electrons. The normalized spacial score (nSPS) is 17.8. The summed E-state index contributed by atoms with van der Waals surface area (Å²) in [5.41, 5.74) is -0.227. The maximum absolute atomic E-state index is 15.5. The molecule has 202 valence electrons. The number of rotatable bonds is 9. The molecule has 1 atom stereocenters. The van der Waals surface area contributed by atoms with Gasteiger partial charge in [0.15, 0.2) is 11.6 Å². The summed E-state index contributed by atoms with van der Waals surface area (Å²) in [6, 6.07) is 0.699. The number of carbonyl (C=O) groups excluding carboxylic acids is 1. The second kappa shape index (κ2) is 11.6. The number of nitrogens with zero attached hydrogens (tertiary/aromatic N) is 2. The number of Topliss-reactive ketones (excluding diaryl/α,β-unsaturated/α-hetero) is 1. The van der Waals surface area contributed by atoms with Gasteiger partial charge in [0.2, 0.25) is 5.43 Å². The minimum Gasteiger partial charge on any atom is -0.492 e. The van der Waals surface area contributed by atoms with Crippen molar-refractivity contribution in [1.82, 2.24) is 9.88 Å². The number of aromatic nitrogens is 1.